The first-order chi connectivity index (χ1) is 5.08. The van der Waals surface area contributed by atoms with E-state index in [2.05, 4.69) is 22.6 Å². The van der Waals surface area contributed by atoms with Crippen LogP contribution in [0, 0.1) is 5.41 Å². The molecule has 0 atom stereocenters. The van der Waals surface area contributed by atoms with E-state index in [1.165, 1.54) is 0 Å². The lowest BCUT2D eigenvalue weighted by Gasteiger charge is -1.88. The highest BCUT2D eigenvalue weighted by molar-refractivity contribution is 5.76. The lowest BCUT2D eigenvalue weighted by Crippen LogP contribution is -2.36. The molecule has 0 amide bonds. The van der Waals surface area contributed by atoms with Gasteiger partial charge >= 0.3 is 0 Å². The SMILES string of the molecule is N=C(N)NN.NNC(N)=NO. The molecule has 0 aromatic rings. The van der Waals surface area contributed by atoms with Crippen LogP contribution >= 0.6 is 0 Å². The zero-order valence-electron chi connectivity index (χ0n) is 5.70. The second-order valence-corrected chi connectivity index (χ2v) is 1.19. The van der Waals surface area contributed by atoms with E-state index >= 15 is 0 Å². The van der Waals surface area contributed by atoms with Crippen LogP contribution in [-0.2, 0) is 0 Å². The molecule has 0 spiro atoms. The van der Waals surface area contributed by atoms with Crippen molar-refractivity contribution < 1.29 is 5.21 Å². The third-order valence-electron chi connectivity index (χ3n) is 0.411. The minimum atomic E-state index is -0.218. The second kappa shape index (κ2) is 8.26. The molecule has 0 saturated carbocycles. The van der Waals surface area contributed by atoms with Crippen LogP contribution in [0.4, 0.5) is 0 Å². The van der Waals surface area contributed by atoms with Crippen molar-refractivity contribution in [3.63, 3.8) is 0 Å². The van der Waals surface area contributed by atoms with Crippen LogP contribution in [0.1, 0.15) is 0 Å². The maximum atomic E-state index is 7.66. The number of nitrogens with zero attached hydrogens (tertiary/aromatic N) is 1. The molecular formula is C2H12N8O. The number of nitrogens with two attached hydrogens (primary N) is 4. The van der Waals surface area contributed by atoms with E-state index in [1.807, 2.05) is 10.9 Å². The Balaban J connectivity index is 0. The van der Waals surface area contributed by atoms with Gasteiger partial charge in [0.25, 0.3) is 0 Å². The van der Waals surface area contributed by atoms with E-state index in [0.29, 0.717) is 0 Å². The molecule has 0 radical (unpaired) electrons. The summed E-state index contributed by atoms with van der Waals surface area (Å²) in [6.45, 7) is 0. The molecule has 0 heterocycles. The number of nitrogens with one attached hydrogen (secondary N) is 3. The van der Waals surface area contributed by atoms with E-state index in [4.69, 9.17) is 16.4 Å². The number of hydrogen-bond acceptors (Lipinski definition) is 5. The summed E-state index contributed by atoms with van der Waals surface area (Å²) in [6, 6.07) is 0. The van der Waals surface area contributed by atoms with Gasteiger partial charge in [0.15, 0.2) is 5.96 Å². The van der Waals surface area contributed by atoms with Gasteiger partial charge in [0.1, 0.15) is 0 Å². The molecule has 0 aliphatic heterocycles. The van der Waals surface area contributed by atoms with Crippen LogP contribution < -0.4 is 34.0 Å². The molecule has 0 bridgehead atoms. The minimum Gasteiger partial charge on any atom is -0.408 e. The van der Waals surface area contributed by atoms with Crippen molar-refractivity contribution in [2.24, 2.45) is 28.3 Å². The van der Waals surface area contributed by atoms with Crippen LogP contribution in [-0.4, -0.2) is 17.1 Å². The molecule has 9 heteroatoms. The summed E-state index contributed by atoms with van der Waals surface area (Å²) >= 11 is 0. The number of oxime groups is 1. The molecule has 66 valence electrons. The summed E-state index contributed by atoms with van der Waals surface area (Å²) in [7, 11) is 0. The summed E-state index contributed by atoms with van der Waals surface area (Å²) in [5, 5.41) is 16.4. The van der Waals surface area contributed by atoms with Gasteiger partial charge in [-0.3, -0.25) is 16.3 Å². The van der Waals surface area contributed by atoms with Gasteiger partial charge in [-0.15, -0.1) is 0 Å². The van der Waals surface area contributed by atoms with Gasteiger partial charge < -0.3 is 16.7 Å². The molecule has 0 saturated heterocycles. The van der Waals surface area contributed by atoms with Gasteiger partial charge in [0.2, 0.25) is 5.96 Å². The van der Waals surface area contributed by atoms with Gasteiger partial charge in [-0.1, -0.05) is 5.16 Å². The van der Waals surface area contributed by atoms with Crippen LogP contribution in [0.2, 0.25) is 0 Å². The van der Waals surface area contributed by atoms with Crippen molar-refractivity contribution in [1.82, 2.24) is 10.9 Å². The van der Waals surface area contributed by atoms with Gasteiger partial charge in [-0.05, 0) is 0 Å². The average molecular weight is 164 g/mol. The first kappa shape index (κ1) is 12.0. The van der Waals surface area contributed by atoms with Crippen molar-refractivity contribution in [2.75, 3.05) is 0 Å². The predicted octanol–water partition coefficient (Wildman–Crippen LogP) is -3.50. The number of hydrazine groups is 2. The number of guanidine groups is 2. The Morgan fingerprint density at radius 1 is 1.27 bits per heavy atom. The average Bonchev–Trinajstić information content (AvgIpc) is 2.04. The van der Waals surface area contributed by atoms with Crippen molar-refractivity contribution in [1.29, 1.82) is 5.41 Å². The Labute approximate surface area is 62.8 Å². The molecule has 11 heavy (non-hydrogen) atoms. The van der Waals surface area contributed by atoms with Crippen LogP contribution in [0.15, 0.2) is 5.16 Å². The zero-order chi connectivity index (χ0) is 9.28. The van der Waals surface area contributed by atoms with E-state index in [9.17, 15) is 0 Å². The van der Waals surface area contributed by atoms with E-state index < -0.39 is 0 Å². The third kappa shape index (κ3) is 17.8. The molecule has 0 rings (SSSR count). The van der Waals surface area contributed by atoms with Gasteiger partial charge in [0, 0.05) is 0 Å². The highest BCUT2D eigenvalue weighted by Crippen LogP contribution is 1.44. The summed E-state index contributed by atoms with van der Waals surface area (Å²) < 4.78 is 0. The van der Waals surface area contributed by atoms with Crippen molar-refractivity contribution >= 4 is 11.9 Å². The summed E-state index contributed by atoms with van der Waals surface area (Å²) in [4.78, 5) is 0. The Morgan fingerprint density at radius 3 is 1.64 bits per heavy atom. The molecule has 0 aromatic heterocycles. The summed E-state index contributed by atoms with van der Waals surface area (Å²) in [5.74, 6) is 8.77. The second-order valence-electron chi connectivity index (χ2n) is 1.19. The summed E-state index contributed by atoms with van der Waals surface area (Å²) in [5.41, 5.74) is 13.2. The van der Waals surface area contributed by atoms with Crippen molar-refractivity contribution in [3.8, 4) is 0 Å². The van der Waals surface area contributed by atoms with Gasteiger partial charge in [0.05, 0.1) is 0 Å². The minimum absolute atomic E-state index is 0.199. The maximum Gasteiger partial charge on any atom is 0.244 e. The maximum absolute atomic E-state index is 7.66. The van der Waals surface area contributed by atoms with Crippen molar-refractivity contribution in [3.05, 3.63) is 0 Å². The third-order valence-corrected chi connectivity index (χ3v) is 0.411. The fourth-order valence-electron chi connectivity index (χ4n) is 0.0289. The number of rotatable bonds is 0. The molecule has 0 aromatic carbocycles. The first-order valence-corrected chi connectivity index (χ1v) is 2.33. The Morgan fingerprint density at radius 2 is 1.64 bits per heavy atom. The quantitative estimate of drug-likeness (QED) is 0.0599. The Kier molecular flexibility index (Phi) is 9.00. The van der Waals surface area contributed by atoms with Gasteiger partial charge in [-0.2, -0.15) is 0 Å². The van der Waals surface area contributed by atoms with E-state index in [1.54, 1.807) is 0 Å². The van der Waals surface area contributed by atoms with Crippen LogP contribution in [0.5, 0.6) is 0 Å². The lowest BCUT2D eigenvalue weighted by molar-refractivity contribution is 0.316. The monoisotopic (exact) mass is 164 g/mol. The predicted molar refractivity (Wildman–Crippen MR) is 40.0 cm³/mol. The van der Waals surface area contributed by atoms with E-state index in [0.717, 1.165) is 0 Å². The lowest BCUT2D eigenvalue weighted by atomic mass is 11.1. The zero-order valence-corrected chi connectivity index (χ0v) is 5.70. The Hall–Kier alpha value is -1.74. The molecule has 12 N–H and O–H groups in total. The van der Waals surface area contributed by atoms with Gasteiger partial charge in [-0.25, -0.2) is 11.7 Å². The van der Waals surface area contributed by atoms with Crippen LogP contribution in [0.25, 0.3) is 0 Å². The first-order valence-electron chi connectivity index (χ1n) is 2.33. The Bertz CT molecular complexity index is 130. The highest BCUT2D eigenvalue weighted by atomic mass is 16.4. The molecule has 0 aliphatic rings. The molecule has 9 nitrogen and oxygen atoms in total. The smallest absolute Gasteiger partial charge is 0.244 e. The molecular weight excluding hydrogens is 152 g/mol. The summed E-state index contributed by atoms with van der Waals surface area (Å²) in [6.07, 6.45) is 0. The van der Waals surface area contributed by atoms with E-state index in [-0.39, 0.29) is 11.9 Å². The molecule has 0 aliphatic carbocycles. The standard InChI is InChI=1S/CH6N4O.CH6N4/c2-1(4-3)5-6;2-1(3)5-4/h6H,3H2,(H3,2,4,5);4H2,(H4,2,3,5). The fraction of sp³-hybridized carbons (Fsp3) is 0. The van der Waals surface area contributed by atoms with Crippen molar-refractivity contribution in [2.45, 2.75) is 0 Å². The number of hydrogen-bond donors (Lipinski definition) is 8. The normalized spacial score (nSPS) is 9.09. The largest absolute Gasteiger partial charge is 0.408 e. The van der Waals surface area contributed by atoms with Crippen LogP contribution in [0.3, 0.4) is 0 Å². The topological polar surface area (TPSA) is 185 Å². The molecule has 0 fully saturated rings. The fourth-order valence-corrected chi connectivity index (χ4v) is 0.0289. The molecule has 0 unspecified atom stereocenters. The highest BCUT2D eigenvalue weighted by Gasteiger charge is 1.75.